The molecule has 0 aromatic heterocycles. The van der Waals surface area contributed by atoms with E-state index in [4.69, 9.17) is 29.4 Å². The van der Waals surface area contributed by atoms with Crippen LogP contribution < -0.4 is 25.8 Å². The number of anilines is 1. The minimum atomic E-state index is -0.946. The number of hydrogen-bond acceptors (Lipinski definition) is 10. The van der Waals surface area contributed by atoms with Crippen LogP contribution in [0, 0.1) is 11.8 Å². The lowest BCUT2D eigenvalue weighted by molar-refractivity contribution is -0.112. The van der Waals surface area contributed by atoms with Crippen LogP contribution >= 0.6 is 0 Å². The molecule has 0 unspecified atom stereocenters. The van der Waals surface area contributed by atoms with Gasteiger partial charge < -0.3 is 50.1 Å². The second-order valence-corrected chi connectivity index (χ2v) is 12.5. The van der Waals surface area contributed by atoms with Crippen LogP contribution in [0.15, 0.2) is 35.4 Å². The number of hydrogen-bond donors (Lipinski definition) is 4. The van der Waals surface area contributed by atoms with Gasteiger partial charge in [-0.15, -0.1) is 0 Å². The number of methoxy groups -OCH3 is 3. The standard InChI is InChI=1S/C35H56N4O9/c1-21-16-25-19-26(20-29(32(25)46-9)47-35(43)39(6)15-11-14-37-5)38-33(41)22(2)12-10-13-27(44-7)31(48-34(36)42)24(4)18-23(3)30(40)28(17-21)45-8/h12,18-21,23,27-28,30-31,37,40H,10-11,13-17H2,1-9H3,(H2,36,42)(H,38,41)/t21-,23+,27+,28+,30-,31+/m1/s1. The van der Waals surface area contributed by atoms with Crippen LogP contribution in [0.3, 0.4) is 0 Å². The molecule has 13 nitrogen and oxygen atoms in total. The first-order chi connectivity index (χ1) is 22.8. The number of benzene rings is 1. The molecule has 1 aliphatic rings. The highest BCUT2D eigenvalue weighted by Crippen LogP contribution is 2.38. The summed E-state index contributed by atoms with van der Waals surface area (Å²) in [7, 11) is 8.08. The fourth-order valence-electron chi connectivity index (χ4n) is 5.89. The minimum Gasteiger partial charge on any atom is -0.493 e. The molecule has 1 aromatic rings. The Morgan fingerprint density at radius 2 is 1.81 bits per heavy atom. The highest BCUT2D eigenvalue weighted by molar-refractivity contribution is 6.03. The number of fused-ring (bicyclic) bond motifs is 2. The smallest absolute Gasteiger partial charge is 0.415 e. The van der Waals surface area contributed by atoms with Crippen molar-refractivity contribution in [1.29, 1.82) is 0 Å². The predicted octanol–water partition coefficient (Wildman–Crippen LogP) is 4.42. The number of primary amides is 1. The average Bonchev–Trinajstić information content (AvgIpc) is 3.03. The minimum absolute atomic E-state index is 0.0398. The topological polar surface area (TPSA) is 171 Å². The molecule has 5 N–H and O–H groups in total. The van der Waals surface area contributed by atoms with Crippen molar-refractivity contribution in [3.05, 3.63) is 41.0 Å². The summed E-state index contributed by atoms with van der Waals surface area (Å²) >= 11 is 0. The zero-order valence-electron chi connectivity index (χ0n) is 30.0. The first kappa shape index (κ1) is 40.5. The molecule has 0 saturated heterocycles. The zero-order chi connectivity index (χ0) is 36.0. The monoisotopic (exact) mass is 676 g/mol. The molecule has 6 atom stereocenters. The number of aliphatic hydroxyl groups is 1. The van der Waals surface area contributed by atoms with Gasteiger partial charge in [0.2, 0.25) is 0 Å². The van der Waals surface area contributed by atoms with Crippen LogP contribution in [0.1, 0.15) is 58.9 Å². The summed E-state index contributed by atoms with van der Waals surface area (Å²) in [5.41, 5.74) is 7.68. The molecule has 1 aliphatic heterocycles. The van der Waals surface area contributed by atoms with Gasteiger partial charge in [0.25, 0.3) is 5.91 Å². The summed E-state index contributed by atoms with van der Waals surface area (Å²) in [5, 5.41) is 17.4. The SMILES string of the molecule is CNCCCN(C)C(=O)Oc1cc2cc(c1OC)C[C@@H](C)C[C@H](OC)[C@H](O)[C@@H](C)C=C(C)[C@H](OC(N)=O)[C@@H](OC)CCC=C(C)C(=O)N2. The fourth-order valence-corrected chi connectivity index (χ4v) is 5.89. The number of carbonyl (C=O) groups is 3. The van der Waals surface area contributed by atoms with E-state index in [0.717, 1.165) is 13.0 Å². The van der Waals surface area contributed by atoms with Crippen molar-refractivity contribution in [2.45, 2.75) is 84.2 Å². The number of carbonyl (C=O) groups excluding carboxylic acids is 3. The van der Waals surface area contributed by atoms with Gasteiger partial charge in [0.15, 0.2) is 17.6 Å². The Balaban J connectivity index is 2.59. The lowest BCUT2D eigenvalue weighted by Gasteiger charge is -2.30. The molecule has 0 radical (unpaired) electrons. The van der Waals surface area contributed by atoms with Crippen LogP contribution in [-0.2, 0) is 25.4 Å². The largest absolute Gasteiger partial charge is 0.493 e. The van der Waals surface area contributed by atoms with E-state index in [1.165, 1.54) is 19.1 Å². The van der Waals surface area contributed by atoms with Gasteiger partial charge in [-0.05, 0) is 77.1 Å². The van der Waals surface area contributed by atoms with E-state index in [2.05, 4.69) is 10.6 Å². The van der Waals surface area contributed by atoms with Crippen molar-refractivity contribution in [1.82, 2.24) is 10.2 Å². The van der Waals surface area contributed by atoms with E-state index in [9.17, 15) is 19.5 Å². The van der Waals surface area contributed by atoms with Gasteiger partial charge in [-0.2, -0.15) is 0 Å². The lowest BCUT2D eigenvalue weighted by Crippen LogP contribution is -2.37. The first-order valence-corrected chi connectivity index (χ1v) is 16.4. The molecule has 0 spiro atoms. The van der Waals surface area contributed by atoms with E-state index < -0.39 is 36.6 Å². The van der Waals surface area contributed by atoms with Gasteiger partial charge in [0, 0.05) is 56.6 Å². The van der Waals surface area contributed by atoms with E-state index >= 15 is 0 Å². The second-order valence-electron chi connectivity index (χ2n) is 12.5. The Labute approximate surface area is 285 Å². The second kappa shape index (κ2) is 20.0. The highest BCUT2D eigenvalue weighted by Gasteiger charge is 2.30. The molecule has 270 valence electrons. The van der Waals surface area contributed by atoms with Crippen molar-refractivity contribution in [2.75, 3.05) is 53.8 Å². The summed E-state index contributed by atoms with van der Waals surface area (Å²) in [6.45, 7) is 8.61. The Morgan fingerprint density at radius 3 is 2.42 bits per heavy atom. The zero-order valence-corrected chi connectivity index (χ0v) is 30.0. The number of aliphatic hydroxyl groups excluding tert-OH is 1. The maximum Gasteiger partial charge on any atom is 0.415 e. The maximum absolute atomic E-state index is 13.3. The third-order valence-electron chi connectivity index (χ3n) is 8.57. The molecular formula is C35H56N4O9. The van der Waals surface area contributed by atoms with E-state index in [0.29, 0.717) is 60.4 Å². The molecule has 3 amide bonds. The molecule has 0 saturated carbocycles. The summed E-state index contributed by atoms with van der Waals surface area (Å²) in [6, 6.07) is 3.38. The van der Waals surface area contributed by atoms with E-state index in [-0.39, 0.29) is 23.5 Å². The van der Waals surface area contributed by atoms with Crippen LogP contribution in [-0.4, -0.2) is 101 Å². The number of allylic oxidation sites excluding steroid dienone is 1. The van der Waals surface area contributed by atoms with Gasteiger partial charge in [0.05, 0.1) is 25.4 Å². The van der Waals surface area contributed by atoms with Crippen LogP contribution in [0.2, 0.25) is 0 Å². The maximum atomic E-state index is 13.3. The van der Waals surface area contributed by atoms with Crippen molar-refractivity contribution in [2.24, 2.45) is 17.6 Å². The Morgan fingerprint density at radius 1 is 1.12 bits per heavy atom. The van der Waals surface area contributed by atoms with Gasteiger partial charge in [-0.3, -0.25) is 4.79 Å². The number of amides is 3. The molecule has 1 aromatic carbocycles. The van der Waals surface area contributed by atoms with Crippen molar-refractivity contribution in [3.8, 4) is 11.5 Å². The number of nitrogens with zero attached hydrogens (tertiary/aromatic N) is 1. The summed E-state index contributed by atoms with van der Waals surface area (Å²) in [4.78, 5) is 39.7. The molecule has 48 heavy (non-hydrogen) atoms. The van der Waals surface area contributed by atoms with Crippen LogP contribution in [0.4, 0.5) is 15.3 Å². The Hall–Kier alpha value is -3.65. The molecular weight excluding hydrogens is 620 g/mol. The van der Waals surface area contributed by atoms with E-state index in [1.54, 1.807) is 40.1 Å². The van der Waals surface area contributed by atoms with Crippen molar-refractivity contribution >= 4 is 23.8 Å². The van der Waals surface area contributed by atoms with Crippen LogP contribution in [0.5, 0.6) is 11.5 Å². The summed E-state index contributed by atoms with van der Waals surface area (Å²) in [5.74, 6) is -0.204. The quantitative estimate of drug-likeness (QED) is 0.217. The van der Waals surface area contributed by atoms with Crippen molar-refractivity contribution in [3.63, 3.8) is 0 Å². The molecule has 2 rings (SSSR count). The number of rotatable bonds is 9. The first-order valence-electron chi connectivity index (χ1n) is 16.4. The average molecular weight is 677 g/mol. The third kappa shape index (κ3) is 12.1. The highest BCUT2D eigenvalue weighted by atomic mass is 16.6. The molecule has 1 heterocycles. The molecule has 0 aliphatic carbocycles. The summed E-state index contributed by atoms with van der Waals surface area (Å²) in [6.07, 6.45) is 1.84. The molecule has 13 heteroatoms. The third-order valence-corrected chi connectivity index (χ3v) is 8.57. The fraction of sp³-hybridized carbons (Fsp3) is 0.629. The molecule has 0 fully saturated rings. The number of nitrogens with two attached hydrogens (primary N) is 1. The number of nitrogens with one attached hydrogen (secondary N) is 2. The normalized spacial score (nSPS) is 24.5. The Kier molecular flexibility index (Phi) is 16.9. The van der Waals surface area contributed by atoms with Gasteiger partial charge >= 0.3 is 12.2 Å². The van der Waals surface area contributed by atoms with Gasteiger partial charge in [-0.25, -0.2) is 9.59 Å². The van der Waals surface area contributed by atoms with E-state index in [1.807, 2.05) is 33.0 Å². The summed E-state index contributed by atoms with van der Waals surface area (Å²) < 4.78 is 28.5. The molecule has 2 bridgehead atoms. The predicted molar refractivity (Wildman–Crippen MR) is 184 cm³/mol. The lowest BCUT2D eigenvalue weighted by atomic mass is 9.88. The Bertz CT molecular complexity index is 1280. The van der Waals surface area contributed by atoms with Gasteiger partial charge in [-0.1, -0.05) is 26.0 Å². The van der Waals surface area contributed by atoms with Crippen LogP contribution in [0.25, 0.3) is 0 Å². The number of ether oxygens (including phenoxy) is 5. The van der Waals surface area contributed by atoms with Gasteiger partial charge in [0.1, 0.15) is 0 Å². The van der Waals surface area contributed by atoms with Crippen molar-refractivity contribution < 1.29 is 43.2 Å².